The smallest absolute Gasteiger partial charge is 0.250 e. The highest BCUT2D eigenvalue weighted by atomic mass is 16.5. The van der Waals surface area contributed by atoms with E-state index in [2.05, 4.69) is 10.4 Å². The summed E-state index contributed by atoms with van der Waals surface area (Å²) in [5.74, 6) is 1.66. The molecule has 1 amide bonds. The van der Waals surface area contributed by atoms with Gasteiger partial charge in [0.05, 0.1) is 11.4 Å². The Hall–Kier alpha value is -2.50. The SMILES string of the molecule is Cc1cc(N2CC[C@@H](Nc3ccccc3OC(C)(C)C)C2=O)n(C)n1. The third-order valence-electron chi connectivity index (χ3n) is 4.09. The van der Waals surface area contributed by atoms with E-state index in [1.165, 1.54) is 0 Å². The first kappa shape index (κ1) is 17.3. The molecule has 1 atom stereocenters. The minimum absolute atomic E-state index is 0.0635. The second-order valence-electron chi connectivity index (χ2n) is 7.45. The number of ether oxygens (including phenoxy) is 1. The number of nitrogens with one attached hydrogen (secondary N) is 1. The second kappa shape index (κ2) is 6.43. The third-order valence-corrected chi connectivity index (χ3v) is 4.09. The molecule has 1 aromatic heterocycles. The minimum Gasteiger partial charge on any atom is -0.486 e. The van der Waals surface area contributed by atoms with Crippen molar-refractivity contribution in [2.45, 2.75) is 45.8 Å². The van der Waals surface area contributed by atoms with Gasteiger partial charge < -0.3 is 10.1 Å². The van der Waals surface area contributed by atoms with E-state index in [1.807, 2.05) is 65.1 Å². The number of amides is 1. The molecule has 25 heavy (non-hydrogen) atoms. The largest absolute Gasteiger partial charge is 0.486 e. The maximum absolute atomic E-state index is 12.8. The van der Waals surface area contributed by atoms with E-state index in [0.29, 0.717) is 6.54 Å². The van der Waals surface area contributed by atoms with Gasteiger partial charge in [-0.1, -0.05) is 12.1 Å². The van der Waals surface area contributed by atoms with Gasteiger partial charge in [0.1, 0.15) is 23.2 Å². The molecule has 134 valence electrons. The standard InChI is InChI=1S/C19H26N4O2/c1-13-12-17(22(5)21-13)23-11-10-15(18(23)24)20-14-8-6-7-9-16(14)25-19(2,3)4/h6-9,12,15,20H,10-11H2,1-5H3/t15-/m1/s1. The molecule has 0 radical (unpaired) electrons. The Bertz CT molecular complexity index is 776. The lowest BCUT2D eigenvalue weighted by atomic mass is 10.1. The molecule has 0 unspecified atom stereocenters. The summed E-state index contributed by atoms with van der Waals surface area (Å²) >= 11 is 0. The lowest BCUT2D eigenvalue weighted by Gasteiger charge is -2.24. The van der Waals surface area contributed by atoms with Crippen LogP contribution in [0.1, 0.15) is 32.9 Å². The van der Waals surface area contributed by atoms with Crippen LogP contribution in [0.15, 0.2) is 30.3 Å². The Balaban J connectivity index is 1.77. The fraction of sp³-hybridized carbons (Fsp3) is 0.474. The molecular weight excluding hydrogens is 316 g/mol. The van der Waals surface area contributed by atoms with Gasteiger partial charge >= 0.3 is 0 Å². The molecule has 3 rings (SSSR count). The minimum atomic E-state index is -0.296. The summed E-state index contributed by atoms with van der Waals surface area (Å²) in [7, 11) is 1.86. The zero-order valence-electron chi connectivity index (χ0n) is 15.5. The van der Waals surface area contributed by atoms with Crippen molar-refractivity contribution in [1.82, 2.24) is 9.78 Å². The zero-order chi connectivity index (χ0) is 18.2. The lowest BCUT2D eigenvalue weighted by Crippen LogP contribution is -2.34. The van der Waals surface area contributed by atoms with Crippen LogP contribution in [-0.2, 0) is 11.8 Å². The summed E-state index contributed by atoms with van der Waals surface area (Å²) in [6, 6.07) is 9.43. The van der Waals surface area contributed by atoms with Gasteiger partial charge in [-0.3, -0.25) is 14.4 Å². The number of benzene rings is 1. The van der Waals surface area contributed by atoms with Gasteiger partial charge in [-0.15, -0.1) is 0 Å². The van der Waals surface area contributed by atoms with Gasteiger partial charge in [0.25, 0.3) is 5.91 Å². The van der Waals surface area contributed by atoms with Crippen molar-refractivity contribution in [3.8, 4) is 5.75 Å². The Morgan fingerprint density at radius 1 is 1.28 bits per heavy atom. The quantitative estimate of drug-likeness (QED) is 0.927. The van der Waals surface area contributed by atoms with Crippen molar-refractivity contribution in [3.63, 3.8) is 0 Å². The summed E-state index contributed by atoms with van der Waals surface area (Å²) in [6.07, 6.45) is 0.743. The van der Waals surface area contributed by atoms with E-state index < -0.39 is 0 Å². The Morgan fingerprint density at radius 2 is 2.00 bits per heavy atom. The fourth-order valence-corrected chi connectivity index (χ4v) is 3.08. The van der Waals surface area contributed by atoms with Gasteiger partial charge in [-0.25, -0.2) is 0 Å². The molecule has 2 heterocycles. The van der Waals surface area contributed by atoms with Crippen molar-refractivity contribution in [1.29, 1.82) is 0 Å². The van der Waals surface area contributed by atoms with Crippen molar-refractivity contribution >= 4 is 17.4 Å². The van der Waals surface area contributed by atoms with Crippen molar-refractivity contribution in [3.05, 3.63) is 36.0 Å². The van der Waals surface area contributed by atoms with E-state index in [-0.39, 0.29) is 17.6 Å². The highest BCUT2D eigenvalue weighted by Crippen LogP contribution is 2.30. The monoisotopic (exact) mass is 342 g/mol. The van der Waals surface area contributed by atoms with Crippen LogP contribution in [-0.4, -0.2) is 33.9 Å². The number of nitrogens with zero attached hydrogens (tertiary/aromatic N) is 3. The van der Waals surface area contributed by atoms with Gasteiger partial charge in [-0.05, 0) is 46.2 Å². The van der Waals surface area contributed by atoms with E-state index >= 15 is 0 Å². The first-order valence-corrected chi connectivity index (χ1v) is 8.61. The Labute approximate surface area is 148 Å². The first-order valence-electron chi connectivity index (χ1n) is 8.61. The van der Waals surface area contributed by atoms with Crippen molar-refractivity contribution in [2.75, 3.05) is 16.8 Å². The van der Waals surface area contributed by atoms with Gasteiger partial charge in [0.2, 0.25) is 0 Å². The molecule has 6 nitrogen and oxygen atoms in total. The average molecular weight is 342 g/mol. The van der Waals surface area contributed by atoms with Crippen molar-refractivity contribution in [2.24, 2.45) is 7.05 Å². The van der Waals surface area contributed by atoms with Gasteiger partial charge in [-0.2, -0.15) is 5.10 Å². The number of carbonyl (C=O) groups is 1. The highest BCUT2D eigenvalue weighted by Gasteiger charge is 2.34. The summed E-state index contributed by atoms with van der Waals surface area (Å²) in [6.45, 7) is 8.64. The maximum Gasteiger partial charge on any atom is 0.250 e. The molecule has 1 N–H and O–H groups in total. The first-order chi connectivity index (χ1) is 11.7. The molecule has 1 aliphatic rings. The second-order valence-corrected chi connectivity index (χ2v) is 7.45. The number of aromatic nitrogens is 2. The molecule has 1 aromatic carbocycles. The molecule has 1 saturated heterocycles. The summed E-state index contributed by atoms with van der Waals surface area (Å²) in [4.78, 5) is 14.6. The zero-order valence-corrected chi connectivity index (χ0v) is 15.5. The molecular formula is C19H26N4O2. The van der Waals surface area contributed by atoms with Crippen LogP contribution in [0.4, 0.5) is 11.5 Å². The predicted molar refractivity (Wildman–Crippen MR) is 99.1 cm³/mol. The Kier molecular flexibility index (Phi) is 4.45. The molecule has 0 spiro atoms. The van der Waals surface area contributed by atoms with E-state index in [0.717, 1.165) is 29.4 Å². The van der Waals surface area contributed by atoms with Gasteiger partial charge in [0.15, 0.2) is 0 Å². The van der Waals surface area contributed by atoms with Crippen LogP contribution in [0.2, 0.25) is 0 Å². The number of hydrogen-bond acceptors (Lipinski definition) is 4. The van der Waals surface area contributed by atoms with Crippen LogP contribution < -0.4 is 15.0 Å². The normalized spacial score (nSPS) is 17.9. The Morgan fingerprint density at radius 3 is 2.64 bits per heavy atom. The molecule has 0 saturated carbocycles. The lowest BCUT2D eigenvalue weighted by molar-refractivity contribution is -0.117. The van der Waals surface area contributed by atoms with Crippen LogP contribution in [0.5, 0.6) is 5.75 Å². The van der Waals surface area contributed by atoms with Crippen LogP contribution >= 0.6 is 0 Å². The number of para-hydroxylation sites is 2. The molecule has 1 fully saturated rings. The van der Waals surface area contributed by atoms with E-state index in [4.69, 9.17) is 4.74 Å². The molecule has 2 aromatic rings. The maximum atomic E-state index is 12.8. The molecule has 6 heteroatoms. The predicted octanol–water partition coefficient (Wildman–Crippen LogP) is 3.12. The van der Waals surface area contributed by atoms with E-state index in [9.17, 15) is 4.79 Å². The highest BCUT2D eigenvalue weighted by molar-refractivity contribution is 6.00. The topological polar surface area (TPSA) is 59.4 Å². The van der Waals surface area contributed by atoms with E-state index in [1.54, 1.807) is 9.58 Å². The van der Waals surface area contributed by atoms with Crippen LogP contribution in [0.25, 0.3) is 0 Å². The number of anilines is 2. The van der Waals surface area contributed by atoms with Crippen LogP contribution in [0, 0.1) is 6.92 Å². The fourth-order valence-electron chi connectivity index (χ4n) is 3.08. The number of hydrogen-bond donors (Lipinski definition) is 1. The summed E-state index contributed by atoms with van der Waals surface area (Å²) in [5.41, 5.74) is 1.46. The third kappa shape index (κ3) is 3.78. The summed E-state index contributed by atoms with van der Waals surface area (Å²) in [5, 5.41) is 7.70. The van der Waals surface area contributed by atoms with Crippen LogP contribution in [0.3, 0.4) is 0 Å². The summed E-state index contributed by atoms with van der Waals surface area (Å²) < 4.78 is 7.77. The molecule has 1 aliphatic heterocycles. The molecule has 0 bridgehead atoms. The number of carbonyl (C=O) groups excluding carboxylic acids is 1. The molecule has 0 aliphatic carbocycles. The van der Waals surface area contributed by atoms with Crippen molar-refractivity contribution < 1.29 is 9.53 Å². The number of aryl methyl sites for hydroxylation is 2. The number of rotatable bonds is 4. The average Bonchev–Trinajstić information content (AvgIpc) is 3.02. The van der Waals surface area contributed by atoms with Gasteiger partial charge in [0, 0.05) is 19.7 Å².